The molecule has 1 aliphatic heterocycles. The van der Waals surface area contributed by atoms with E-state index in [1.807, 2.05) is 32.0 Å². The number of aromatic nitrogens is 3. The maximum atomic E-state index is 12.8. The van der Waals surface area contributed by atoms with Crippen LogP contribution in [0.4, 0.5) is 0 Å². The summed E-state index contributed by atoms with van der Waals surface area (Å²) in [7, 11) is 0. The lowest BCUT2D eigenvalue weighted by Gasteiger charge is -2.22. The first kappa shape index (κ1) is 22.6. The number of aromatic amines is 1. The molecule has 2 aromatic heterocycles. The van der Waals surface area contributed by atoms with Crippen LogP contribution < -0.4 is 15.6 Å². The van der Waals surface area contributed by atoms with Gasteiger partial charge < -0.3 is 14.8 Å². The molecule has 0 amide bonds. The molecule has 0 radical (unpaired) electrons. The van der Waals surface area contributed by atoms with Crippen LogP contribution in [0.25, 0.3) is 5.65 Å². The lowest BCUT2D eigenvalue weighted by atomic mass is 9.97. The van der Waals surface area contributed by atoms with Crippen LogP contribution in [0.15, 0.2) is 41.2 Å². The number of fused-ring (bicyclic) bond motifs is 1. The number of nitrogens with one attached hydrogen (secondary N) is 2. The average Bonchev–Trinajstić information content (AvgIpc) is 3.20. The molecule has 0 aliphatic carbocycles. The highest BCUT2D eigenvalue weighted by Crippen LogP contribution is 2.27. The lowest BCUT2D eigenvalue weighted by molar-refractivity contribution is 0.0844. The predicted molar refractivity (Wildman–Crippen MR) is 125 cm³/mol. The molecule has 172 valence electrons. The van der Waals surface area contributed by atoms with Gasteiger partial charge in [0.25, 0.3) is 5.56 Å². The molecule has 32 heavy (non-hydrogen) atoms. The summed E-state index contributed by atoms with van der Waals surface area (Å²) in [6.07, 6.45) is 2.09. The highest BCUT2D eigenvalue weighted by atomic mass is 16.5. The zero-order chi connectivity index (χ0) is 22.7. The molecule has 3 aromatic rings. The minimum Gasteiger partial charge on any atom is -0.491 e. The number of rotatable bonds is 8. The summed E-state index contributed by atoms with van der Waals surface area (Å²) in [5, 5.41) is 6.86. The van der Waals surface area contributed by atoms with E-state index in [0.717, 1.165) is 48.8 Å². The Kier molecular flexibility index (Phi) is 6.96. The third-order valence-electron chi connectivity index (χ3n) is 5.96. The minimum absolute atomic E-state index is 0.0271. The summed E-state index contributed by atoms with van der Waals surface area (Å²) in [6, 6.07) is 11.8. The zero-order valence-corrected chi connectivity index (χ0v) is 19.4. The minimum atomic E-state index is -0.0778. The van der Waals surface area contributed by atoms with Crippen LogP contribution in [-0.2, 0) is 11.3 Å². The van der Waals surface area contributed by atoms with Crippen molar-refractivity contribution in [3.05, 3.63) is 63.7 Å². The first-order chi connectivity index (χ1) is 15.4. The van der Waals surface area contributed by atoms with Crippen molar-refractivity contribution < 1.29 is 9.47 Å². The molecule has 1 fully saturated rings. The summed E-state index contributed by atoms with van der Waals surface area (Å²) in [6.45, 7) is 10.5. The van der Waals surface area contributed by atoms with Gasteiger partial charge in [-0.2, -0.15) is 0 Å². The van der Waals surface area contributed by atoms with Gasteiger partial charge >= 0.3 is 0 Å². The van der Waals surface area contributed by atoms with Crippen LogP contribution in [-0.4, -0.2) is 33.9 Å². The van der Waals surface area contributed by atoms with Gasteiger partial charge in [0.15, 0.2) is 5.65 Å². The van der Waals surface area contributed by atoms with E-state index in [2.05, 4.69) is 36.4 Å². The molecule has 1 aromatic carbocycles. The molecule has 7 heteroatoms. The smallest absolute Gasteiger partial charge is 0.272 e. The van der Waals surface area contributed by atoms with Crippen LogP contribution in [0.1, 0.15) is 69.4 Å². The second-order valence-corrected chi connectivity index (χ2v) is 9.22. The Morgan fingerprint density at radius 2 is 1.88 bits per heavy atom. The summed E-state index contributed by atoms with van der Waals surface area (Å²) >= 11 is 0. The number of hydrogen-bond donors (Lipinski definition) is 2. The van der Waals surface area contributed by atoms with Crippen molar-refractivity contribution in [1.82, 2.24) is 19.9 Å². The van der Waals surface area contributed by atoms with E-state index in [9.17, 15) is 4.79 Å². The van der Waals surface area contributed by atoms with Gasteiger partial charge in [-0.3, -0.25) is 9.89 Å². The molecule has 2 N–H and O–H groups in total. The van der Waals surface area contributed by atoms with E-state index in [-0.39, 0.29) is 23.6 Å². The molecule has 1 unspecified atom stereocenters. The fraction of sp³-hybridized carbons (Fsp3) is 0.520. The van der Waals surface area contributed by atoms with Gasteiger partial charge in [0.1, 0.15) is 5.75 Å². The molecule has 0 bridgehead atoms. The van der Waals surface area contributed by atoms with E-state index in [1.165, 1.54) is 0 Å². The standard InChI is InChI=1S/C25H34N4O3/c1-16(2)25(26-15-18-5-7-20(8-6-18)32-17(3)4)22-14-24(30)29-23(27-22)13-21(28-29)19-9-11-31-12-10-19/h5-8,13-14,16-17,19,25-26,28H,9-12,15H2,1-4H3. The third-order valence-corrected chi connectivity index (χ3v) is 5.96. The van der Waals surface area contributed by atoms with Crippen molar-refractivity contribution in [3.63, 3.8) is 0 Å². The first-order valence-electron chi connectivity index (χ1n) is 11.6. The van der Waals surface area contributed by atoms with Crippen LogP contribution >= 0.6 is 0 Å². The monoisotopic (exact) mass is 438 g/mol. The number of nitrogens with zero attached hydrogens (tertiary/aromatic N) is 2. The van der Waals surface area contributed by atoms with Gasteiger partial charge in [-0.15, -0.1) is 0 Å². The quantitative estimate of drug-likeness (QED) is 0.551. The summed E-state index contributed by atoms with van der Waals surface area (Å²) in [5.74, 6) is 1.54. The molecular formula is C25H34N4O3. The predicted octanol–water partition coefficient (Wildman–Crippen LogP) is 4.19. The number of hydrogen-bond acceptors (Lipinski definition) is 5. The van der Waals surface area contributed by atoms with Crippen LogP contribution in [0.2, 0.25) is 0 Å². The molecule has 3 heterocycles. The fourth-order valence-corrected chi connectivity index (χ4v) is 4.27. The number of benzene rings is 1. The largest absolute Gasteiger partial charge is 0.491 e. The fourth-order valence-electron chi connectivity index (χ4n) is 4.27. The molecule has 0 saturated carbocycles. The van der Waals surface area contributed by atoms with Crippen molar-refractivity contribution in [2.75, 3.05) is 13.2 Å². The Morgan fingerprint density at radius 3 is 2.53 bits per heavy atom. The Balaban J connectivity index is 1.52. The van der Waals surface area contributed by atoms with Crippen LogP contribution in [0, 0.1) is 5.92 Å². The number of ether oxygens (including phenoxy) is 2. The number of H-pyrrole nitrogens is 1. The molecule has 0 spiro atoms. The van der Waals surface area contributed by atoms with Crippen LogP contribution in [0.5, 0.6) is 5.75 Å². The van der Waals surface area contributed by atoms with Gasteiger partial charge in [0.05, 0.1) is 17.8 Å². The first-order valence-corrected chi connectivity index (χ1v) is 11.6. The summed E-state index contributed by atoms with van der Waals surface area (Å²) in [5.41, 5.74) is 3.60. The molecular weight excluding hydrogens is 404 g/mol. The molecule has 1 saturated heterocycles. The van der Waals surface area contributed by atoms with Crippen molar-refractivity contribution in [2.45, 2.75) is 65.1 Å². The maximum Gasteiger partial charge on any atom is 0.272 e. The maximum absolute atomic E-state index is 12.8. The Labute approximate surface area is 189 Å². The van der Waals surface area contributed by atoms with E-state index in [4.69, 9.17) is 14.5 Å². The molecule has 4 rings (SSSR count). The van der Waals surface area contributed by atoms with Gasteiger partial charge in [-0.1, -0.05) is 26.0 Å². The van der Waals surface area contributed by atoms with Crippen molar-refractivity contribution >= 4 is 5.65 Å². The summed E-state index contributed by atoms with van der Waals surface area (Å²) in [4.78, 5) is 17.7. The SMILES string of the molecule is CC(C)Oc1ccc(CNC(c2cc(=O)n3[nH]c(C4CCOCC4)cc3n2)C(C)C)cc1. The van der Waals surface area contributed by atoms with Gasteiger partial charge in [-0.25, -0.2) is 9.50 Å². The normalized spacial score (nSPS) is 16.2. The van der Waals surface area contributed by atoms with E-state index < -0.39 is 0 Å². The van der Waals surface area contributed by atoms with Gasteiger partial charge in [0, 0.05) is 43.5 Å². The van der Waals surface area contributed by atoms with E-state index in [1.54, 1.807) is 10.6 Å². The zero-order valence-electron chi connectivity index (χ0n) is 19.4. The molecule has 1 atom stereocenters. The van der Waals surface area contributed by atoms with Crippen molar-refractivity contribution in [1.29, 1.82) is 0 Å². The highest BCUT2D eigenvalue weighted by molar-refractivity contribution is 5.41. The van der Waals surface area contributed by atoms with E-state index in [0.29, 0.717) is 18.1 Å². The Morgan fingerprint density at radius 1 is 1.16 bits per heavy atom. The lowest BCUT2D eigenvalue weighted by Crippen LogP contribution is -2.28. The second kappa shape index (κ2) is 9.88. The van der Waals surface area contributed by atoms with Gasteiger partial charge in [-0.05, 0) is 50.3 Å². The van der Waals surface area contributed by atoms with Gasteiger partial charge in [0.2, 0.25) is 0 Å². The summed E-state index contributed by atoms with van der Waals surface area (Å²) < 4.78 is 12.7. The second-order valence-electron chi connectivity index (χ2n) is 9.22. The average molecular weight is 439 g/mol. The Bertz CT molecular complexity index is 1080. The third kappa shape index (κ3) is 5.22. The van der Waals surface area contributed by atoms with Crippen LogP contribution in [0.3, 0.4) is 0 Å². The Hall–Kier alpha value is -2.64. The van der Waals surface area contributed by atoms with Crippen molar-refractivity contribution in [2.24, 2.45) is 5.92 Å². The van der Waals surface area contributed by atoms with Crippen molar-refractivity contribution in [3.8, 4) is 5.75 Å². The topological polar surface area (TPSA) is 80.6 Å². The highest BCUT2D eigenvalue weighted by Gasteiger charge is 2.22. The van der Waals surface area contributed by atoms with E-state index >= 15 is 0 Å². The molecule has 7 nitrogen and oxygen atoms in total. The molecule has 1 aliphatic rings.